The Kier molecular flexibility index (Phi) is 3.35. The van der Waals surface area contributed by atoms with Crippen LogP contribution in [-0.4, -0.2) is 66.8 Å². The van der Waals surface area contributed by atoms with Crippen LogP contribution in [0, 0.1) is 5.92 Å². The molecule has 1 N–H and O–H groups in total. The normalized spacial score (nSPS) is 32.5. The number of hydrogen-bond donors (Lipinski definition) is 1. The van der Waals surface area contributed by atoms with Crippen molar-refractivity contribution in [3.8, 4) is 0 Å². The van der Waals surface area contributed by atoms with E-state index in [0.29, 0.717) is 53.4 Å². The molecule has 3 unspecified atom stereocenters. The summed E-state index contributed by atoms with van der Waals surface area (Å²) in [6, 6.07) is 6.48. The fourth-order valence-electron chi connectivity index (χ4n) is 5.60. The SMILES string of the molecule is O=C(NC1CC23CCN2CCC13)c1cccc2oc(N3CCOCC3)nc12. The molecule has 1 spiro atoms. The average molecular weight is 368 g/mol. The van der Waals surface area contributed by atoms with Crippen LogP contribution >= 0.6 is 0 Å². The molecule has 6 rings (SSSR count). The summed E-state index contributed by atoms with van der Waals surface area (Å²) in [6.45, 7) is 5.30. The highest BCUT2D eigenvalue weighted by atomic mass is 16.5. The minimum absolute atomic E-state index is 0.0277. The van der Waals surface area contributed by atoms with Crippen molar-refractivity contribution in [3.05, 3.63) is 23.8 Å². The third-order valence-electron chi connectivity index (χ3n) is 7.15. The van der Waals surface area contributed by atoms with Gasteiger partial charge in [0.05, 0.1) is 18.8 Å². The number of benzene rings is 1. The van der Waals surface area contributed by atoms with Gasteiger partial charge in [-0.05, 0) is 43.9 Å². The van der Waals surface area contributed by atoms with E-state index >= 15 is 0 Å². The molecule has 142 valence electrons. The van der Waals surface area contributed by atoms with Crippen LogP contribution in [0.2, 0.25) is 0 Å². The molecule has 2 aromatic rings. The standard InChI is InChI=1S/C20H24N4O3/c25-18(21-15-12-20-5-7-24(20)6-4-14(15)20)13-2-1-3-16-17(13)22-19(27-16)23-8-10-26-11-9-23/h1-3,14-15H,4-12H2,(H,21,25). The van der Waals surface area contributed by atoms with E-state index in [0.717, 1.165) is 19.5 Å². The summed E-state index contributed by atoms with van der Waals surface area (Å²) in [5.41, 5.74) is 2.35. The van der Waals surface area contributed by atoms with Crippen molar-refractivity contribution < 1.29 is 13.9 Å². The molecule has 4 aliphatic rings. The summed E-state index contributed by atoms with van der Waals surface area (Å²) >= 11 is 0. The van der Waals surface area contributed by atoms with E-state index in [9.17, 15) is 4.79 Å². The van der Waals surface area contributed by atoms with E-state index in [1.54, 1.807) is 0 Å². The van der Waals surface area contributed by atoms with Crippen molar-refractivity contribution in [3.63, 3.8) is 0 Å². The lowest BCUT2D eigenvalue weighted by molar-refractivity contribution is -0.0859. The Morgan fingerprint density at radius 1 is 1.22 bits per heavy atom. The number of anilines is 1. The van der Waals surface area contributed by atoms with Crippen LogP contribution in [0.3, 0.4) is 0 Å². The van der Waals surface area contributed by atoms with Gasteiger partial charge in [-0.15, -0.1) is 0 Å². The molecule has 27 heavy (non-hydrogen) atoms. The number of oxazole rings is 1. The van der Waals surface area contributed by atoms with Gasteiger partial charge in [0.25, 0.3) is 11.9 Å². The molecule has 7 nitrogen and oxygen atoms in total. The molecule has 4 heterocycles. The number of ether oxygens (including phenoxy) is 1. The monoisotopic (exact) mass is 368 g/mol. The largest absolute Gasteiger partial charge is 0.423 e. The zero-order chi connectivity index (χ0) is 18.0. The van der Waals surface area contributed by atoms with Gasteiger partial charge >= 0.3 is 0 Å². The van der Waals surface area contributed by atoms with E-state index in [2.05, 4.69) is 20.1 Å². The maximum atomic E-state index is 13.0. The first kappa shape index (κ1) is 15.9. The highest BCUT2D eigenvalue weighted by molar-refractivity contribution is 6.05. The van der Waals surface area contributed by atoms with Crippen LogP contribution in [0.15, 0.2) is 22.6 Å². The number of amides is 1. The Balaban J connectivity index is 1.24. The fourth-order valence-corrected chi connectivity index (χ4v) is 5.60. The molecule has 4 fully saturated rings. The van der Waals surface area contributed by atoms with Gasteiger partial charge in [0.2, 0.25) is 0 Å². The molecule has 1 aromatic carbocycles. The summed E-state index contributed by atoms with van der Waals surface area (Å²) < 4.78 is 11.3. The third-order valence-corrected chi connectivity index (χ3v) is 7.15. The smallest absolute Gasteiger partial charge is 0.298 e. The first-order chi connectivity index (χ1) is 13.2. The van der Waals surface area contributed by atoms with Gasteiger partial charge in [-0.2, -0.15) is 4.98 Å². The van der Waals surface area contributed by atoms with Crippen LogP contribution in [0.1, 0.15) is 29.6 Å². The first-order valence-corrected chi connectivity index (χ1v) is 10.0. The van der Waals surface area contributed by atoms with Crippen molar-refractivity contribution in [2.24, 2.45) is 5.92 Å². The Morgan fingerprint density at radius 3 is 2.93 bits per heavy atom. The van der Waals surface area contributed by atoms with Gasteiger partial charge in [-0.1, -0.05) is 6.07 Å². The number of fused-ring (bicyclic) bond motifs is 1. The van der Waals surface area contributed by atoms with E-state index < -0.39 is 0 Å². The number of nitrogens with zero attached hydrogens (tertiary/aromatic N) is 3. The molecule has 3 aliphatic heterocycles. The molecule has 7 heteroatoms. The lowest BCUT2D eigenvalue weighted by Crippen LogP contribution is -2.72. The molecule has 1 aliphatic carbocycles. The first-order valence-electron chi connectivity index (χ1n) is 10.0. The van der Waals surface area contributed by atoms with Crippen molar-refractivity contribution in [2.75, 3.05) is 44.3 Å². The molecule has 0 bridgehead atoms. The number of morpholine rings is 1. The number of nitrogens with one attached hydrogen (secondary N) is 1. The van der Waals surface area contributed by atoms with Gasteiger partial charge in [0.15, 0.2) is 5.58 Å². The minimum atomic E-state index is -0.0277. The highest BCUT2D eigenvalue weighted by Crippen LogP contribution is 2.57. The summed E-state index contributed by atoms with van der Waals surface area (Å²) in [4.78, 5) is 22.3. The predicted molar refractivity (Wildman–Crippen MR) is 99.9 cm³/mol. The second kappa shape index (κ2) is 5.69. The summed E-state index contributed by atoms with van der Waals surface area (Å²) in [5.74, 6) is 0.593. The van der Waals surface area contributed by atoms with Gasteiger partial charge < -0.3 is 19.4 Å². The number of para-hydroxylation sites is 1. The van der Waals surface area contributed by atoms with Crippen molar-refractivity contribution in [1.29, 1.82) is 0 Å². The lowest BCUT2D eigenvalue weighted by Gasteiger charge is -2.61. The third kappa shape index (κ3) is 2.21. The van der Waals surface area contributed by atoms with E-state index in [1.165, 1.54) is 25.9 Å². The molecule has 3 saturated heterocycles. The van der Waals surface area contributed by atoms with Crippen molar-refractivity contribution in [1.82, 2.24) is 15.2 Å². The molecule has 0 radical (unpaired) electrons. The Morgan fingerprint density at radius 2 is 2.11 bits per heavy atom. The van der Waals surface area contributed by atoms with Crippen LogP contribution in [0.25, 0.3) is 11.1 Å². The Hall–Kier alpha value is -2.12. The van der Waals surface area contributed by atoms with Crippen LogP contribution in [0.5, 0.6) is 0 Å². The van der Waals surface area contributed by atoms with Gasteiger partial charge in [0.1, 0.15) is 5.52 Å². The average Bonchev–Trinajstić information content (AvgIpc) is 3.18. The minimum Gasteiger partial charge on any atom is -0.423 e. The summed E-state index contributed by atoms with van der Waals surface area (Å²) in [7, 11) is 0. The number of hydrogen-bond acceptors (Lipinski definition) is 6. The van der Waals surface area contributed by atoms with Crippen LogP contribution in [-0.2, 0) is 4.74 Å². The molecule has 1 saturated carbocycles. The summed E-state index contributed by atoms with van der Waals surface area (Å²) in [6.07, 6.45) is 3.60. The number of carbonyl (C=O) groups is 1. The number of rotatable bonds is 3. The molecular weight excluding hydrogens is 344 g/mol. The number of aromatic nitrogens is 1. The Bertz CT molecular complexity index is 906. The second-order valence-electron chi connectivity index (χ2n) is 8.27. The maximum Gasteiger partial charge on any atom is 0.298 e. The quantitative estimate of drug-likeness (QED) is 0.888. The summed E-state index contributed by atoms with van der Waals surface area (Å²) in [5, 5.41) is 3.28. The second-order valence-corrected chi connectivity index (χ2v) is 8.27. The molecular formula is C20H24N4O3. The number of carbonyl (C=O) groups excluding carboxylic acids is 1. The van der Waals surface area contributed by atoms with E-state index in [-0.39, 0.29) is 5.91 Å². The lowest BCUT2D eigenvalue weighted by atomic mass is 9.58. The van der Waals surface area contributed by atoms with Crippen LogP contribution in [0.4, 0.5) is 6.01 Å². The zero-order valence-electron chi connectivity index (χ0n) is 15.3. The Labute approximate surface area is 157 Å². The predicted octanol–water partition coefficient (Wildman–Crippen LogP) is 1.63. The molecule has 3 atom stereocenters. The molecule has 1 amide bonds. The van der Waals surface area contributed by atoms with Gasteiger partial charge in [-0.3, -0.25) is 9.69 Å². The highest BCUT2D eigenvalue weighted by Gasteiger charge is 2.64. The van der Waals surface area contributed by atoms with Gasteiger partial charge in [0, 0.05) is 31.2 Å². The van der Waals surface area contributed by atoms with E-state index in [4.69, 9.17) is 9.15 Å². The molecule has 1 aromatic heterocycles. The van der Waals surface area contributed by atoms with Crippen molar-refractivity contribution in [2.45, 2.75) is 30.8 Å². The topological polar surface area (TPSA) is 70.8 Å². The zero-order valence-corrected chi connectivity index (χ0v) is 15.3. The fraction of sp³-hybridized carbons (Fsp3) is 0.600. The van der Waals surface area contributed by atoms with Crippen LogP contribution < -0.4 is 10.2 Å². The maximum absolute atomic E-state index is 13.0. The van der Waals surface area contributed by atoms with Crippen molar-refractivity contribution >= 4 is 23.0 Å². The van der Waals surface area contributed by atoms with Gasteiger partial charge in [-0.25, -0.2) is 0 Å². The van der Waals surface area contributed by atoms with E-state index in [1.807, 2.05) is 18.2 Å².